The van der Waals surface area contributed by atoms with Gasteiger partial charge in [0.15, 0.2) is 0 Å². The van der Waals surface area contributed by atoms with Crippen molar-refractivity contribution >= 4 is 18.0 Å². The van der Waals surface area contributed by atoms with Gasteiger partial charge in [-0.15, -0.1) is 0 Å². The lowest BCUT2D eigenvalue weighted by Crippen LogP contribution is -2.35. The van der Waals surface area contributed by atoms with Crippen LogP contribution in [-0.2, 0) is 4.79 Å². The topological polar surface area (TPSA) is 70.5 Å². The maximum atomic E-state index is 12.4. The highest BCUT2D eigenvalue weighted by Crippen LogP contribution is 2.23. The summed E-state index contributed by atoms with van der Waals surface area (Å²) in [7, 11) is 1.82. The van der Waals surface area contributed by atoms with Crippen molar-refractivity contribution in [1.82, 2.24) is 9.88 Å². The van der Waals surface area contributed by atoms with Crippen LogP contribution >= 0.6 is 0 Å². The molecule has 1 amide bonds. The van der Waals surface area contributed by atoms with Crippen LogP contribution in [0.2, 0.25) is 0 Å². The highest BCUT2D eigenvalue weighted by atomic mass is 16.4. The number of rotatable bonds is 4. The Labute approximate surface area is 117 Å². The van der Waals surface area contributed by atoms with Gasteiger partial charge >= 0.3 is 5.97 Å². The molecule has 0 aliphatic heterocycles. The van der Waals surface area contributed by atoms with Gasteiger partial charge in [0.05, 0.1) is 5.56 Å². The van der Waals surface area contributed by atoms with Crippen molar-refractivity contribution < 1.29 is 14.7 Å². The van der Waals surface area contributed by atoms with Crippen LogP contribution in [0.15, 0.2) is 24.5 Å². The molecule has 5 nitrogen and oxygen atoms in total. The molecule has 5 heteroatoms. The Morgan fingerprint density at radius 2 is 2.05 bits per heavy atom. The van der Waals surface area contributed by atoms with Gasteiger partial charge in [-0.3, -0.25) is 9.78 Å². The maximum absolute atomic E-state index is 12.4. The molecule has 1 aliphatic carbocycles. The lowest BCUT2D eigenvalue weighted by atomic mass is 10.1. The smallest absolute Gasteiger partial charge is 0.328 e. The fourth-order valence-electron chi connectivity index (χ4n) is 2.49. The second kappa shape index (κ2) is 6.32. The van der Waals surface area contributed by atoms with Crippen LogP contribution in [0.4, 0.5) is 0 Å². The van der Waals surface area contributed by atoms with Gasteiger partial charge in [-0.05, 0) is 30.5 Å². The van der Waals surface area contributed by atoms with Crippen molar-refractivity contribution in [1.29, 1.82) is 0 Å². The van der Waals surface area contributed by atoms with Crippen molar-refractivity contribution in [2.45, 2.75) is 31.7 Å². The van der Waals surface area contributed by atoms with Crippen molar-refractivity contribution in [3.8, 4) is 0 Å². The van der Waals surface area contributed by atoms with Crippen LogP contribution < -0.4 is 0 Å². The van der Waals surface area contributed by atoms with E-state index in [1.807, 2.05) is 7.05 Å². The fourth-order valence-corrected chi connectivity index (χ4v) is 2.49. The quantitative estimate of drug-likeness (QED) is 0.854. The van der Waals surface area contributed by atoms with Gasteiger partial charge in [-0.25, -0.2) is 4.79 Å². The molecule has 1 aliphatic rings. The van der Waals surface area contributed by atoms with Crippen LogP contribution in [-0.4, -0.2) is 40.0 Å². The standard InChI is InChI=1S/C15H18N2O3/c1-17(13-4-2-3-5-13)15(20)12-8-11(9-16-10-12)6-7-14(18)19/h6-10,13H,2-5H2,1H3,(H,18,19). The Morgan fingerprint density at radius 3 is 2.70 bits per heavy atom. The first-order valence-electron chi connectivity index (χ1n) is 6.71. The lowest BCUT2D eigenvalue weighted by Gasteiger charge is -2.24. The molecule has 2 rings (SSSR count). The van der Waals surface area contributed by atoms with E-state index < -0.39 is 5.97 Å². The number of nitrogens with zero attached hydrogens (tertiary/aromatic N) is 2. The number of pyridine rings is 1. The Morgan fingerprint density at radius 1 is 1.35 bits per heavy atom. The summed E-state index contributed by atoms with van der Waals surface area (Å²) in [5.74, 6) is -1.08. The van der Waals surface area contributed by atoms with Crippen LogP contribution in [0, 0.1) is 0 Å². The third kappa shape index (κ3) is 3.44. The van der Waals surface area contributed by atoms with Gasteiger partial charge in [0.1, 0.15) is 0 Å². The average molecular weight is 274 g/mol. The Bertz CT molecular complexity index is 534. The van der Waals surface area contributed by atoms with Crippen LogP contribution in [0.25, 0.3) is 6.08 Å². The van der Waals surface area contributed by atoms with E-state index in [9.17, 15) is 9.59 Å². The number of hydrogen-bond donors (Lipinski definition) is 1. The summed E-state index contributed by atoms with van der Waals surface area (Å²) in [5, 5.41) is 8.60. The minimum Gasteiger partial charge on any atom is -0.478 e. The maximum Gasteiger partial charge on any atom is 0.328 e. The second-order valence-corrected chi connectivity index (χ2v) is 5.03. The Balaban J connectivity index is 2.13. The summed E-state index contributed by atoms with van der Waals surface area (Å²) in [6.07, 6.45) is 9.96. The Hall–Kier alpha value is -2.17. The van der Waals surface area contributed by atoms with Crippen molar-refractivity contribution in [3.05, 3.63) is 35.7 Å². The first kappa shape index (κ1) is 14.2. The number of carbonyl (C=O) groups is 2. The average Bonchev–Trinajstić information content (AvgIpc) is 2.98. The van der Waals surface area contributed by atoms with E-state index in [0.717, 1.165) is 18.9 Å². The number of carboxylic acids is 1. The molecule has 20 heavy (non-hydrogen) atoms. The van der Waals surface area contributed by atoms with Gasteiger partial charge < -0.3 is 10.0 Å². The molecule has 1 N–H and O–H groups in total. The van der Waals surface area contributed by atoms with E-state index in [2.05, 4.69) is 4.98 Å². The SMILES string of the molecule is CN(C(=O)c1cncc(C=CC(=O)O)c1)C1CCCC1. The van der Waals surface area contributed by atoms with Crippen LogP contribution in [0.3, 0.4) is 0 Å². The molecule has 0 spiro atoms. The highest BCUT2D eigenvalue weighted by Gasteiger charge is 2.24. The minimum absolute atomic E-state index is 0.0602. The van der Waals surface area contributed by atoms with Gasteiger partial charge in [0.25, 0.3) is 5.91 Å². The molecule has 0 saturated heterocycles. The summed E-state index contributed by atoms with van der Waals surface area (Å²) in [5.41, 5.74) is 1.10. The lowest BCUT2D eigenvalue weighted by molar-refractivity contribution is -0.131. The van der Waals surface area contributed by atoms with E-state index in [1.54, 1.807) is 11.0 Å². The third-order valence-corrected chi connectivity index (χ3v) is 3.62. The number of carbonyl (C=O) groups excluding carboxylic acids is 1. The summed E-state index contributed by atoms with van der Waals surface area (Å²) in [6, 6.07) is 1.97. The first-order chi connectivity index (χ1) is 9.58. The molecule has 1 heterocycles. The zero-order chi connectivity index (χ0) is 14.5. The Kier molecular flexibility index (Phi) is 4.50. The summed E-state index contributed by atoms with van der Waals surface area (Å²) in [4.78, 5) is 28.6. The molecule has 0 atom stereocenters. The van der Waals surface area contributed by atoms with E-state index >= 15 is 0 Å². The second-order valence-electron chi connectivity index (χ2n) is 5.03. The molecule has 1 saturated carbocycles. The molecule has 0 unspecified atom stereocenters. The number of carboxylic acid groups (broad SMARTS) is 1. The number of aromatic nitrogens is 1. The molecule has 0 aromatic carbocycles. The van der Waals surface area contributed by atoms with Gasteiger partial charge in [-0.1, -0.05) is 12.8 Å². The van der Waals surface area contributed by atoms with E-state index in [0.29, 0.717) is 17.2 Å². The molecule has 1 aromatic rings. The number of amides is 1. The molecule has 1 aromatic heterocycles. The normalized spacial score (nSPS) is 15.7. The molecular weight excluding hydrogens is 256 g/mol. The van der Waals surface area contributed by atoms with Gasteiger partial charge in [0, 0.05) is 31.6 Å². The van der Waals surface area contributed by atoms with Gasteiger partial charge in [0.2, 0.25) is 0 Å². The molecule has 1 fully saturated rings. The van der Waals surface area contributed by atoms with Crippen molar-refractivity contribution in [2.75, 3.05) is 7.05 Å². The highest BCUT2D eigenvalue weighted by molar-refractivity contribution is 5.94. The largest absolute Gasteiger partial charge is 0.478 e. The summed E-state index contributed by atoms with van der Waals surface area (Å²) in [6.45, 7) is 0. The molecule has 106 valence electrons. The third-order valence-electron chi connectivity index (χ3n) is 3.62. The molecule has 0 radical (unpaired) electrons. The monoisotopic (exact) mass is 274 g/mol. The number of hydrogen-bond acceptors (Lipinski definition) is 3. The van der Waals surface area contributed by atoms with Crippen molar-refractivity contribution in [2.24, 2.45) is 0 Å². The molecular formula is C15H18N2O3. The first-order valence-corrected chi connectivity index (χ1v) is 6.71. The predicted octanol–water partition coefficient (Wildman–Crippen LogP) is 2.19. The van der Waals surface area contributed by atoms with Crippen LogP contribution in [0.1, 0.15) is 41.6 Å². The van der Waals surface area contributed by atoms with E-state index in [1.165, 1.54) is 31.3 Å². The van der Waals surface area contributed by atoms with Crippen LogP contribution in [0.5, 0.6) is 0 Å². The van der Waals surface area contributed by atoms with E-state index in [4.69, 9.17) is 5.11 Å². The molecule has 0 bridgehead atoms. The predicted molar refractivity (Wildman–Crippen MR) is 75.3 cm³/mol. The zero-order valence-corrected chi connectivity index (χ0v) is 11.5. The van der Waals surface area contributed by atoms with Gasteiger partial charge in [-0.2, -0.15) is 0 Å². The zero-order valence-electron chi connectivity index (χ0n) is 11.5. The fraction of sp³-hybridized carbons (Fsp3) is 0.400. The van der Waals surface area contributed by atoms with Crippen molar-refractivity contribution in [3.63, 3.8) is 0 Å². The minimum atomic E-state index is -1.02. The van der Waals surface area contributed by atoms with E-state index in [-0.39, 0.29) is 5.91 Å². The summed E-state index contributed by atoms with van der Waals surface area (Å²) < 4.78 is 0. The summed E-state index contributed by atoms with van der Waals surface area (Å²) >= 11 is 0. The number of aliphatic carboxylic acids is 1.